The van der Waals surface area contributed by atoms with E-state index in [1.807, 2.05) is 0 Å². The lowest BCUT2D eigenvalue weighted by Gasteiger charge is -2.31. The summed E-state index contributed by atoms with van der Waals surface area (Å²) in [6.07, 6.45) is 3.05. The molecule has 1 aromatic carbocycles. The Kier molecular flexibility index (Phi) is 4.10. The van der Waals surface area contributed by atoms with E-state index in [0.29, 0.717) is 5.92 Å². The fraction of sp³-hybridized carbons (Fsp3) is 0.462. The summed E-state index contributed by atoms with van der Waals surface area (Å²) in [6, 6.07) is 2.55. The zero-order valence-electron chi connectivity index (χ0n) is 11.0. The number of carboxylic acids is 1. The van der Waals surface area contributed by atoms with Crippen LogP contribution in [0.2, 0.25) is 0 Å². The van der Waals surface area contributed by atoms with Gasteiger partial charge in [-0.05, 0) is 43.9 Å². The SMILES string of the molecule is CC(NS(=O)(=O)c1ccc(F)c(C(=O)O)c1)C1CCC1. The number of halogens is 1. The highest BCUT2D eigenvalue weighted by Gasteiger charge is 2.28. The van der Waals surface area contributed by atoms with Gasteiger partial charge in [0.15, 0.2) is 0 Å². The average molecular weight is 301 g/mol. The first-order chi connectivity index (χ1) is 9.31. The van der Waals surface area contributed by atoms with Crippen LogP contribution in [-0.2, 0) is 10.0 Å². The fourth-order valence-electron chi connectivity index (χ4n) is 2.18. The minimum atomic E-state index is -3.83. The maximum Gasteiger partial charge on any atom is 0.338 e. The monoisotopic (exact) mass is 301 g/mol. The van der Waals surface area contributed by atoms with Gasteiger partial charge in [-0.3, -0.25) is 0 Å². The van der Waals surface area contributed by atoms with Crippen LogP contribution in [0, 0.1) is 11.7 Å². The van der Waals surface area contributed by atoms with Gasteiger partial charge in [-0.15, -0.1) is 0 Å². The van der Waals surface area contributed by atoms with Crippen LogP contribution in [-0.4, -0.2) is 25.5 Å². The maximum atomic E-state index is 13.3. The molecule has 0 radical (unpaired) electrons. The van der Waals surface area contributed by atoms with Gasteiger partial charge in [-0.25, -0.2) is 22.3 Å². The standard InChI is InChI=1S/C13H16FNO4S/c1-8(9-3-2-4-9)15-20(18,19)10-5-6-12(14)11(7-10)13(16)17/h5-9,15H,2-4H2,1H3,(H,16,17). The summed E-state index contributed by atoms with van der Waals surface area (Å²) in [6.45, 7) is 1.78. The first kappa shape index (κ1) is 14.9. The molecule has 1 atom stereocenters. The number of sulfonamides is 1. The maximum absolute atomic E-state index is 13.3. The molecule has 0 spiro atoms. The number of carboxylic acid groups (broad SMARTS) is 1. The number of nitrogens with one attached hydrogen (secondary N) is 1. The Morgan fingerprint density at radius 2 is 2.10 bits per heavy atom. The summed E-state index contributed by atoms with van der Waals surface area (Å²) in [7, 11) is -3.83. The third-order valence-electron chi connectivity index (χ3n) is 3.68. The molecule has 20 heavy (non-hydrogen) atoms. The molecule has 0 heterocycles. The van der Waals surface area contributed by atoms with Crippen molar-refractivity contribution in [2.24, 2.45) is 5.92 Å². The lowest BCUT2D eigenvalue weighted by atomic mass is 9.81. The van der Waals surface area contributed by atoms with E-state index in [1.165, 1.54) is 0 Å². The molecular weight excluding hydrogens is 285 g/mol. The second-order valence-electron chi connectivity index (χ2n) is 5.05. The molecule has 0 bridgehead atoms. The van der Waals surface area contributed by atoms with Crippen molar-refractivity contribution < 1.29 is 22.7 Å². The van der Waals surface area contributed by atoms with Gasteiger partial charge in [0.1, 0.15) is 5.82 Å². The first-order valence-corrected chi connectivity index (χ1v) is 7.85. The van der Waals surface area contributed by atoms with Crippen LogP contribution in [0.25, 0.3) is 0 Å². The summed E-state index contributed by atoms with van der Waals surface area (Å²) in [5.74, 6) is -2.14. The number of benzene rings is 1. The predicted molar refractivity (Wildman–Crippen MR) is 70.5 cm³/mol. The smallest absolute Gasteiger partial charge is 0.338 e. The summed E-state index contributed by atoms with van der Waals surface area (Å²) < 4.78 is 40.1. The molecule has 1 aromatic rings. The average Bonchev–Trinajstić information content (AvgIpc) is 2.25. The van der Waals surface area contributed by atoms with Crippen LogP contribution >= 0.6 is 0 Å². The molecule has 7 heteroatoms. The summed E-state index contributed by atoms with van der Waals surface area (Å²) in [5.41, 5.74) is -0.649. The summed E-state index contributed by atoms with van der Waals surface area (Å²) in [5, 5.41) is 8.82. The number of carbonyl (C=O) groups is 1. The molecule has 0 aromatic heterocycles. The van der Waals surface area contributed by atoms with Crippen molar-refractivity contribution in [1.29, 1.82) is 0 Å². The molecular formula is C13H16FNO4S. The van der Waals surface area contributed by atoms with Crippen LogP contribution in [0.1, 0.15) is 36.5 Å². The lowest BCUT2D eigenvalue weighted by molar-refractivity contribution is 0.0691. The molecule has 1 saturated carbocycles. The fourth-order valence-corrected chi connectivity index (χ4v) is 3.52. The van der Waals surface area contributed by atoms with Crippen LogP contribution in [0.3, 0.4) is 0 Å². The van der Waals surface area contributed by atoms with Crippen molar-refractivity contribution in [1.82, 2.24) is 4.72 Å². The van der Waals surface area contributed by atoms with Gasteiger partial charge in [-0.2, -0.15) is 0 Å². The molecule has 2 N–H and O–H groups in total. The van der Waals surface area contributed by atoms with E-state index >= 15 is 0 Å². The largest absolute Gasteiger partial charge is 0.478 e. The molecule has 0 aliphatic heterocycles. The third-order valence-corrected chi connectivity index (χ3v) is 5.23. The van der Waals surface area contributed by atoms with Crippen LogP contribution in [0.5, 0.6) is 0 Å². The van der Waals surface area contributed by atoms with E-state index in [9.17, 15) is 17.6 Å². The van der Waals surface area contributed by atoms with Crippen LogP contribution in [0.15, 0.2) is 23.1 Å². The topological polar surface area (TPSA) is 83.5 Å². The van der Waals surface area contributed by atoms with Gasteiger partial charge in [0, 0.05) is 6.04 Å². The quantitative estimate of drug-likeness (QED) is 0.871. The zero-order valence-corrected chi connectivity index (χ0v) is 11.8. The van der Waals surface area contributed by atoms with E-state index in [-0.39, 0.29) is 10.9 Å². The molecule has 5 nitrogen and oxygen atoms in total. The van der Waals surface area contributed by atoms with Gasteiger partial charge < -0.3 is 5.11 Å². The Morgan fingerprint density at radius 3 is 2.60 bits per heavy atom. The minimum absolute atomic E-state index is 0.216. The molecule has 0 amide bonds. The van der Waals surface area contributed by atoms with Crippen molar-refractivity contribution in [2.75, 3.05) is 0 Å². The van der Waals surface area contributed by atoms with E-state index in [2.05, 4.69) is 4.72 Å². The molecule has 1 aliphatic rings. The zero-order chi connectivity index (χ0) is 14.9. The van der Waals surface area contributed by atoms with Crippen molar-refractivity contribution in [3.8, 4) is 0 Å². The Bertz CT molecular complexity index is 625. The van der Waals surface area contributed by atoms with Crippen molar-refractivity contribution in [3.63, 3.8) is 0 Å². The highest BCUT2D eigenvalue weighted by Crippen LogP contribution is 2.30. The molecule has 110 valence electrons. The minimum Gasteiger partial charge on any atom is -0.478 e. The molecule has 1 aliphatic carbocycles. The lowest BCUT2D eigenvalue weighted by Crippen LogP contribution is -2.40. The van der Waals surface area contributed by atoms with Crippen LogP contribution in [0.4, 0.5) is 4.39 Å². The second kappa shape index (κ2) is 5.49. The molecule has 2 rings (SSSR count). The summed E-state index contributed by atoms with van der Waals surface area (Å²) in [4.78, 5) is 10.6. The Hall–Kier alpha value is -1.47. The van der Waals surface area contributed by atoms with Gasteiger partial charge >= 0.3 is 5.97 Å². The van der Waals surface area contributed by atoms with E-state index in [0.717, 1.165) is 37.5 Å². The van der Waals surface area contributed by atoms with Gasteiger partial charge in [-0.1, -0.05) is 6.42 Å². The number of hydrogen-bond donors (Lipinski definition) is 2. The van der Waals surface area contributed by atoms with Gasteiger partial charge in [0.05, 0.1) is 10.5 Å². The number of aromatic carboxylic acids is 1. The predicted octanol–water partition coefficient (Wildman–Crippen LogP) is 1.99. The van der Waals surface area contributed by atoms with Crippen molar-refractivity contribution >= 4 is 16.0 Å². The first-order valence-electron chi connectivity index (χ1n) is 6.36. The normalized spacial score (nSPS) is 17.5. The molecule has 0 saturated heterocycles. The highest BCUT2D eigenvalue weighted by atomic mass is 32.2. The third kappa shape index (κ3) is 2.99. The van der Waals surface area contributed by atoms with Gasteiger partial charge in [0.25, 0.3) is 0 Å². The Balaban J connectivity index is 2.24. The molecule has 1 fully saturated rings. The van der Waals surface area contributed by atoms with E-state index < -0.39 is 27.4 Å². The second-order valence-corrected chi connectivity index (χ2v) is 6.76. The number of rotatable bonds is 5. The Morgan fingerprint density at radius 1 is 1.45 bits per heavy atom. The van der Waals surface area contributed by atoms with Crippen molar-refractivity contribution in [2.45, 2.75) is 37.1 Å². The molecule has 1 unspecified atom stereocenters. The highest BCUT2D eigenvalue weighted by molar-refractivity contribution is 7.89. The van der Waals surface area contributed by atoms with Crippen LogP contribution < -0.4 is 4.72 Å². The number of hydrogen-bond acceptors (Lipinski definition) is 3. The Labute approximate surface area is 116 Å². The van der Waals surface area contributed by atoms with Crippen molar-refractivity contribution in [3.05, 3.63) is 29.6 Å². The van der Waals surface area contributed by atoms with E-state index in [1.54, 1.807) is 6.92 Å². The van der Waals surface area contributed by atoms with Gasteiger partial charge in [0.2, 0.25) is 10.0 Å². The summed E-state index contributed by atoms with van der Waals surface area (Å²) >= 11 is 0. The van der Waals surface area contributed by atoms with E-state index in [4.69, 9.17) is 5.11 Å².